The van der Waals surface area contributed by atoms with Gasteiger partial charge in [-0.3, -0.25) is 4.57 Å². The minimum Gasteiger partial charge on any atom is -0.495 e. The molecule has 4 aromatic rings. The van der Waals surface area contributed by atoms with Gasteiger partial charge in [-0.05, 0) is 48.9 Å². The van der Waals surface area contributed by atoms with E-state index in [-0.39, 0.29) is 22.7 Å². The molecule has 7 nitrogen and oxygen atoms in total. The standard InChI is InChI=1S/C22H20ClFN6O/c1-29-8-7-13-10-19(31-2)17(9-14(13)11-29)25-22-26-21(20(23)27-28-22)30-12-16(24)15-5-3-4-6-18(15)30/h3-6,9-10,12H,7-8,11H2,1-2H3,(H,25,26,28). The lowest BCUT2D eigenvalue weighted by Gasteiger charge is -2.26. The molecule has 0 fully saturated rings. The van der Waals surface area contributed by atoms with Crippen molar-refractivity contribution in [3.63, 3.8) is 0 Å². The van der Waals surface area contributed by atoms with Crippen LogP contribution < -0.4 is 10.1 Å². The van der Waals surface area contributed by atoms with E-state index >= 15 is 0 Å². The molecule has 0 atom stereocenters. The molecule has 1 aliphatic rings. The Labute approximate surface area is 183 Å². The quantitative estimate of drug-likeness (QED) is 0.511. The van der Waals surface area contributed by atoms with Crippen LogP contribution in [0.5, 0.6) is 5.75 Å². The van der Waals surface area contributed by atoms with Gasteiger partial charge in [0.15, 0.2) is 11.0 Å². The number of nitrogens with zero attached hydrogens (tertiary/aromatic N) is 5. The average Bonchev–Trinajstić information content (AvgIpc) is 3.11. The maximum absolute atomic E-state index is 14.4. The van der Waals surface area contributed by atoms with E-state index in [1.165, 1.54) is 17.3 Å². The fourth-order valence-corrected chi connectivity index (χ4v) is 4.11. The summed E-state index contributed by atoms with van der Waals surface area (Å²) < 4.78 is 21.6. The van der Waals surface area contributed by atoms with Crippen LogP contribution in [0.4, 0.5) is 16.0 Å². The molecule has 3 heterocycles. The van der Waals surface area contributed by atoms with Crippen LogP contribution in [0.3, 0.4) is 0 Å². The minimum absolute atomic E-state index is 0.0744. The monoisotopic (exact) mass is 438 g/mol. The highest BCUT2D eigenvalue weighted by atomic mass is 35.5. The summed E-state index contributed by atoms with van der Waals surface area (Å²) in [6, 6.07) is 11.2. The van der Waals surface area contributed by atoms with Crippen molar-refractivity contribution in [2.24, 2.45) is 0 Å². The molecule has 5 rings (SSSR count). The van der Waals surface area contributed by atoms with E-state index in [1.54, 1.807) is 29.9 Å². The van der Waals surface area contributed by atoms with Crippen molar-refractivity contribution in [1.82, 2.24) is 24.6 Å². The van der Waals surface area contributed by atoms with Gasteiger partial charge in [0, 0.05) is 24.7 Å². The number of halogens is 2. The maximum atomic E-state index is 14.4. The molecule has 31 heavy (non-hydrogen) atoms. The van der Waals surface area contributed by atoms with Gasteiger partial charge in [0.2, 0.25) is 5.95 Å². The largest absolute Gasteiger partial charge is 0.495 e. The van der Waals surface area contributed by atoms with Crippen LogP contribution in [0.1, 0.15) is 11.1 Å². The fraction of sp³-hybridized carbons (Fsp3) is 0.227. The highest BCUT2D eigenvalue weighted by molar-refractivity contribution is 6.31. The number of hydrogen-bond donors (Lipinski definition) is 1. The lowest BCUT2D eigenvalue weighted by molar-refractivity contribution is 0.312. The summed E-state index contributed by atoms with van der Waals surface area (Å²) in [6.07, 6.45) is 2.32. The molecule has 0 saturated heterocycles. The molecular weight excluding hydrogens is 419 g/mol. The fourth-order valence-electron chi connectivity index (χ4n) is 3.94. The summed E-state index contributed by atoms with van der Waals surface area (Å²) >= 11 is 6.28. The van der Waals surface area contributed by atoms with Crippen LogP contribution in [0.15, 0.2) is 42.6 Å². The van der Waals surface area contributed by atoms with Gasteiger partial charge in [0.1, 0.15) is 11.6 Å². The third-order valence-corrected chi connectivity index (χ3v) is 5.74. The molecule has 9 heteroatoms. The topological polar surface area (TPSA) is 68.1 Å². The number of benzene rings is 2. The van der Waals surface area contributed by atoms with Crippen molar-refractivity contribution in [1.29, 1.82) is 0 Å². The SMILES string of the molecule is COc1cc2c(cc1Nc1nnc(Cl)c(-n3cc(F)c4ccccc43)n1)CN(C)CC2. The first kappa shape index (κ1) is 19.7. The average molecular weight is 439 g/mol. The first-order chi connectivity index (χ1) is 15.0. The van der Waals surface area contributed by atoms with Crippen molar-refractivity contribution < 1.29 is 9.13 Å². The number of ether oxygens (including phenoxy) is 1. The molecule has 0 radical (unpaired) electrons. The second kappa shape index (κ2) is 7.79. The lowest BCUT2D eigenvalue weighted by Crippen LogP contribution is -2.26. The molecule has 0 spiro atoms. The second-order valence-corrected chi connectivity index (χ2v) is 7.91. The smallest absolute Gasteiger partial charge is 0.249 e. The Morgan fingerprint density at radius 3 is 2.84 bits per heavy atom. The Balaban J connectivity index is 1.55. The summed E-state index contributed by atoms with van der Waals surface area (Å²) in [6.45, 7) is 1.87. The van der Waals surface area contributed by atoms with Crippen molar-refractivity contribution in [3.05, 3.63) is 64.7 Å². The predicted octanol–water partition coefficient (Wildman–Crippen LogP) is 4.35. The molecular formula is C22H20ClFN6O. The predicted molar refractivity (Wildman–Crippen MR) is 118 cm³/mol. The van der Waals surface area contributed by atoms with Crippen LogP contribution in [-0.4, -0.2) is 45.4 Å². The third-order valence-electron chi connectivity index (χ3n) is 5.49. The zero-order valence-electron chi connectivity index (χ0n) is 17.1. The van der Waals surface area contributed by atoms with Crippen LogP contribution >= 0.6 is 11.6 Å². The summed E-state index contributed by atoms with van der Waals surface area (Å²) in [5, 5.41) is 11.8. The molecule has 0 bridgehead atoms. The number of para-hydroxylation sites is 1. The van der Waals surface area contributed by atoms with E-state index in [9.17, 15) is 4.39 Å². The van der Waals surface area contributed by atoms with Crippen LogP contribution in [0, 0.1) is 5.82 Å². The highest BCUT2D eigenvalue weighted by Gasteiger charge is 2.19. The molecule has 0 unspecified atom stereocenters. The molecule has 158 valence electrons. The maximum Gasteiger partial charge on any atom is 0.249 e. The number of methoxy groups -OCH3 is 1. The lowest BCUT2D eigenvalue weighted by atomic mass is 9.99. The zero-order chi connectivity index (χ0) is 21.5. The number of fused-ring (bicyclic) bond motifs is 2. The first-order valence-corrected chi connectivity index (χ1v) is 10.2. The molecule has 2 aromatic heterocycles. The van der Waals surface area contributed by atoms with Gasteiger partial charge in [-0.25, -0.2) is 4.39 Å². The molecule has 2 aromatic carbocycles. The molecule has 1 N–H and O–H groups in total. The van der Waals surface area contributed by atoms with Gasteiger partial charge in [-0.2, -0.15) is 4.98 Å². The number of aromatic nitrogens is 4. The van der Waals surface area contributed by atoms with Crippen molar-refractivity contribution >= 4 is 34.1 Å². The van der Waals surface area contributed by atoms with Gasteiger partial charge in [-0.1, -0.05) is 23.7 Å². The van der Waals surface area contributed by atoms with E-state index in [1.807, 2.05) is 18.2 Å². The summed E-state index contributed by atoms with van der Waals surface area (Å²) in [5.41, 5.74) is 3.86. The van der Waals surface area contributed by atoms with E-state index in [2.05, 4.69) is 32.4 Å². The first-order valence-electron chi connectivity index (χ1n) is 9.85. The number of hydrogen-bond acceptors (Lipinski definition) is 6. The van der Waals surface area contributed by atoms with Crippen molar-refractivity contribution in [2.75, 3.05) is 26.0 Å². The summed E-state index contributed by atoms with van der Waals surface area (Å²) in [7, 11) is 3.72. The van der Waals surface area contributed by atoms with Crippen LogP contribution in [-0.2, 0) is 13.0 Å². The van der Waals surface area contributed by atoms with E-state index in [4.69, 9.17) is 16.3 Å². The summed E-state index contributed by atoms with van der Waals surface area (Å²) in [4.78, 5) is 6.78. The highest BCUT2D eigenvalue weighted by Crippen LogP contribution is 2.33. The van der Waals surface area contributed by atoms with E-state index in [0.717, 1.165) is 25.2 Å². The number of nitrogens with one attached hydrogen (secondary N) is 1. The molecule has 0 aliphatic carbocycles. The Hall–Kier alpha value is -3.23. The van der Waals surface area contributed by atoms with Gasteiger partial charge < -0.3 is 15.0 Å². The number of likely N-dealkylation sites (N-methyl/N-ethyl adjacent to an activating group) is 1. The normalized spacial score (nSPS) is 13.9. The molecule has 1 aliphatic heterocycles. The van der Waals surface area contributed by atoms with Crippen LogP contribution in [0.2, 0.25) is 5.15 Å². The van der Waals surface area contributed by atoms with Crippen molar-refractivity contribution in [2.45, 2.75) is 13.0 Å². The Morgan fingerprint density at radius 2 is 2.00 bits per heavy atom. The van der Waals surface area contributed by atoms with E-state index < -0.39 is 0 Å². The number of rotatable bonds is 4. The summed E-state index contributed by atoms with van der Waals surface area (Å²) in [5.74, 6) is 0.858. The second-order valence-electron chi connectivity index (χ2n) is 7.55. The molecule has 0 saturated carbocycles. The van der Waals surface area contributed by atoms with E-state index in [0.29, 0.717) is 16.7 Å². The van der Waals surface area contributed by atoms with Gasteiger partial charge >= 0.3 is 0 Å². The number of anilines is 2. The van der Waals surface area contributed by atoms with Crippen molar-refractivity contribution in [3.8, 4) is 11.6 Å². The Morgan fingerprint density at radius 1 is 1.16 bits per heavy atom. The van der Waals surface area contributed by atoms with Gasteiger partial charge in [0.05, 0.1) is 18.3 Å². The van der Waals surface area contributed by atoms with Crippen LogP contribution in [0.25, 0.3) is 16.7 Å². The Bertz CT molecular complexity index is 1290. The zero-order valence-corrected chi connectivity index (χ0v) is 17.8. The minimum atomic E-state index is -0.361. The third kappa shape index (κ3) is 3.58. The Kier molecular flexibility index (Phi) is 4.95. The van der Waals surface area contributed by atoms with Gasteiger partial charge in [0.25, 0.3) is 0 Å². The molecule has 0 amide bonds. The van der Waals surface area contributed by atoms with Gasteiger partial charge in [-0.15, -0.1) is 10.2 Å².